The summed E-state index contributed by atoms with van der Waals surface area (Å²) < 4.78 is 1.54. The molecule has 2 aromatic heterocycles. The van der Waals surface area contributed by atoms with Crippen LogP contribution in [0.3, 0.4) is 0 Å². The molecular formula is C9H5N5O2S. The largest absolute Gasteiger partial charge is 0.270 e. The number of non-ortho nitro benzene ring substituents is 1. The lowest BCUT2D eigenvalue weighted by atomic mass is 10.2. The van der Waals surface area contributed by atoms with Crippen molar-refractivity contribution in [3.8, 4) is 10.6 Å². The van der Waals surface area contributed by atoms with Gasteiger partial charge in [-0.3, -0.25) is 10.1 Å². The van der Waals surface area contributed by atoms with Gasteiger partial charge in [0.2, 0.25) is 4.96 Å². The second kappa shape index (κ2) is 3.59. The number of rotatable bonds is 2. The Morgan fingerprint density at radius 3 is 3.06 bits per heavy atom. The van der Waals surface area contributed by atoms with Crippen molar-refractivity contribution in [2.75, 3.05) is 0 Å². The molecule has 17 heavy (non-hydrogen) atoms. The molecule has 0 spiro atoms. The number of benzene rings is 1. The summed E-state index contributed by atoms with van der Waals surface area (Å²) in [7, 11) is 0. The molecule has 2 heterocycles. The van der Waals surface area contributed by atoms with Gasteiger partial charge < -0.3 is 0 Å². The lowest BCUT2D eigenvalue weighted by Crippen LogP contribution is -1.88. The van der Waals surface area contributed by atoms with E-state index in [-0.39, 0.29) is 5.69 Å². The Bertz CT molecular complexity index is 676. The highest BCUT2D eigenvalue weighted by atomic mass is 32.1. The zero-order valence-corrected chi connectivity index (χ0v) is 9.16. The van der Waals surface area contributed by atoms with E-state index >= 15 is 0 Å². The highest BCUT2D eigenvalue weighted by Crippen LogP contribution is 2.27. The van der Waals surface area contributed by atoms with Crippen LogP contribution in [0.2, 0.25) is 0 Å². The highest BCUT2D eigenvalue weighted by Gasteiger charge is 2.11. The Morgan fingerprint density at radius 2 is 2.29 bits per heavy atom. The van der Waals surface area contributed by atoms with Crippen LogP contribution in [0, 0.1) is 10.1 Å². The second-order valence-corrected chi connectivity index (χ2v) is 4.23. The predicted octanol–water partition coefficient (Wildman–Crippen LogP) is 1.76. The molecule has 0 aliphatic heterocycles. The number of nitro groups is 1. The summed E-state index contributed by atoms with van der Waals surface area (Å²) in [5.74, 6) is 0. The van der Waals surface area contributed by atoms with Crippen molar-refractivity contribution in [1.82, 2.24) is 19.8 Å². The summed E-state index contributed by atoms with van der Waals surface area (Å²) in [6, 6.07) is 6.35. The van der Waals surface area contributed by atoms with Crippen LogP contribution in [0.15, 0.2) is 30.6 Å². The maximum atomic E-state index is 10.7. The lowest BCUT2D eigenvalue weighted by molar-refractivity contribution is -0.384. The molecule has 3 aromatic rings. The average molecular weight is 247 g/mol. The molecule has 8 heteroatoms. The third-order valence-electron chi connectivity index (χ3n) is 2.19. The van der Waals surface area contributed by atoms with E-state index < -0.39 is 4.92 Å². The van der Waals surface area contributed by atoms with Crippen LogP contribution in [-0.4, -0.2) is 24.7 Å². The third-order valence-corrected chi connectivity index (χ3v) is 3.15. The Hall–Kier alpha value is -2.35. The summed E-state index contributed by atoms with van der Waals surface area (Å²) in [6.45, 7) is 0. The summed E-state index contributed by atoms with van der Waals surface area (Å²) in [5.41, 5.74) is 0.753. The number of nitrogens with zero attached hydrogens (tertiary/aromatic N) is 5. The molecule has 0 saturated heterocycles. The molecule has 0 bridgehead atoms. The van der Waals surface area contributed by atoms with Gasteiger partial charge in [0, 0.05) is 17.7 Å². The zero-order chi connectivity index (χ0) is 11.8. The minimum atomic E-state index is -0.427. The van der Waals surface area contributed by atoms with Gasteiger partial charge in [0.25, 0.3) is 5.69 Å². The molecule has 3 rings (SSSR count). The minimum Gasteiger partial charge on any atom is -0.258 e. The van der Waals surface area contributed by atoms with Crippen molar-refractivity contribution in [2.24, 2.45) is 0 Å². The number of fused-ring (bicyclic) bond motifs is 1. The number of nitro benzene ring substituents is 1. The molecule has 0 amide bonds. The molecule has 0 fully saturated rings. The Balaban J connectivity index is 2.12. The van der Waals surface area contributed by atoms with Gasteiger partial charge in [-0.2, -0.15) is 9.61 Å². The SMILES string of the molecule is O=[N+]([O-])c1cccc(-c2nn3cnnc3s2)c1. The van der Waals surface area contributed by atoms with Crippen LogP contribution in [0.1, 0.15) is 0 Å². The highest BCUT2D eigenvalue weighted by molar-refractivity contribution is 7.19. The fourth-order valence-corrected chi connectivity index (χ4v) is 2.25. The first-order chi connectivity index (χ1) is 8.24. The second-order valence-electron chi connectivity index (χ2n) is 3.27. The van der Waals surface area contributed by atoms with Gasteiger partial charge in [0.15, 0.2) is 0 Å². The van der Waals surface area contributed by atoms with Crippen LogP contribution in [-0.2, 0) is 0 Å². The normalized spacial score (nSPS) is 10.8. The first-order valence-corrected chi connectivity index (χ1v) is 5.47. The molecule has 84 valence electrons. The quantitative estimate of drug-likeness (QED) is 0.508. The van der Waals surface area contributed by atoms with Crippen molar-refractivity contribution in [1.29, 1.82) is 0 Å². The number of hydrogen-bond donors (Lipinski definition) is 0. The van der Waals surface area contributed by atoms with Crippen molar-refractivity contribution in [2.45, 2.75) is 0 Å². The van der Waals surface area contributed by atoms with Gasteiger partial charge in [0.1, 0.15) is 11.3 Å². The van der Waals surface area contributed by atoms with E-state index in [4.69, 9.17) is 0 Å². The van der Waals surface area contributed by atoms with E-state index in [1.807, 2.05) is 0 Å². The zero-order valence-electron chi connectivity index (χ0n) is 8.35. The van der Waals surface area contributed by atoms with E-state index in [2.05, 4.69) is 15.3 Å². The van der Waals surface area contributed by atoms with Crippen LogP contribution in [0.4, 0.5) is 5.69 Å². The van der Waals surface area contributed by atoms with Crippen LogP contribution < -0.4 is 0 Å². The smallest absolute Gasteiger partial charge is 0.258 e. The molecule has 1 aromatic carbocycles. The molecule has 0 atom stereocenters. The van der Waals surface area contributed by atoms with Gasteiger partial charge in [-0.25, -0.2) is 0 Å². The Morgan fingerprint density at radius 1 is 1.41 bits per heavy atom. The molecular weight excluding hydrogens is 242 g/mol. The number of aromatic nitrogens is 4. The van der Waals surface area contributed by atoms with E-state index in [1.165, 1.54) is 29.8 Å². The monoisotopic (exact) mass is 247 g/mol. The average Bonchev–Trinajstić information content (AvgIpc) is 2.89. The first kappa shape index (κ1) is 9.85. The summed E-state index contributed by atoms with van der Waals surface area (Å²) in [6.07, 6.45) is 1.49. The first-order valence-electron chi connectivity index (χ1n) is 4.66. The van der Waals surface area contributed by atoms with Gasteiger partial charge in [-0.15, -0.1) is 10.2 Å². The lowest BCUT2D eigenvalue weighted by Gasteiger charge is -1.94. The third kappa shape index (κ3) is 1.64. The van der Waals surface area contributed by atoms with Crippen molar-refractivity contribution < 1.29 is 4.92 Å². The van der Waals surface area contributed by atoms with Gasteiger partial charge in [0.05, 0.1) is 4.92 Å². The fraction of sp³-hybridized carbons (Fsp3) is 0. The Kier molecular flexibility index (Phi) is 2.08. The van der Waals surface area contributed by atoms with E-state index in [0.29, 0.717) is 15.5 Å². The molecule has 0 unspecified atom stereocenters. The van der Waals surface area contributed by atoms with Crippen LogP contribution in [0.25, 0.3) is 15.5 Å². The Labute approximate surface area is 98.5 Å². The number of hydrogen-bond acceptors (Lipinski definition) is 6. The molecule has 0 saturated carbocycles. The molecule has 0 radical (unpaired) electrons. The van der Waals surface area contributed by atoms with E-state index in [0.717, 1.165) is 0 Å². The molecule has 0 N–H and O–H groups in total. The van der Waals surface area contributed by atoms with Crippen molar-refractivity contribution in [3.05, 3.63) is 40.7 Å². The molecule has 0 aliphatic carbocycles. The minimum absolute atomic E-state index is 0.0495. The van der Waals surface area contributed by atoms with Crippen molar-refractivity contribution in [3.63, 3.8) is 0 Å². The maximum Gasteiger partial charge on any atom is 0.270 e. The van der Waals surface area contributed by atoms with E-state index in [9.17, 15) is 10.1 Å². The topological polar surface area (TPSA) is 86.2 Å². The van der Waals surface area contributed by atoms with Crippen LogP contribution >= 0.6 is 11.3 Å². The molecule has 0 aliphatic rings. The summed E-state index contributed by atoms with van der Waals surface area (Å²) in [5, 5.41) is 23.1. The predicted molar refractivity (Wildman–Crippen MR) is 60.7 cm³/mol. The van der Waals surface area contributed by atoms with E-state index in [1.54, 1.807) is 16.6 Å². The standard InChI is InChI=1S/C9H5N5O2S/c15-14(16)7-3-1-2-6(4-7)8-12-13-5-10-11-9(13)17-8/h1-5H. The summed E-state index contributed by atoms with van der Waals surface area (Å²) >= 11 is 1.33. The van der Waals surface area contributed by atoms with Crippen LogP contribution in [0.5, 0.6) is 0 Å². The molecule has 7 nitrogen and oxygen atoms in total. The van der Waals surface area contributed by atoms with Gasteiger partial charge >= 0.3 is 0 Å². The maximum absolute atomic E-state index is 10.7. The van der Waals surface area contributed by atoms with Gasteiger partial charge in [-0.05, 0) is 0 Å². The van der Waals surface area contributed by atoms with Crippen molar-refractivity contribution >= 4 is 22.0 Å². The fourth-order valence-electron chi connectivity index (χ4n) is 1.43. The van der Waals surface area contributed by atoms with Gasteiger partial charge in [-0.1, -0.05) is 23.5 Å². The summed E-state index contributed by atoms with van der Waals surface area (Å²) in [4.78, 5) is 10.9.